The highest BCUT2D eigenvalue weighted by atomic mass is 79.9. The molecular weight excluding hydrogens is 509 g/mol. The van der Waals surface area contributed by atoms with Gasteiger partial charge in [-0.2, -0.15) is 18.3 Å². The van der Waals surface area contributed by atoms with Gasteiger partial charge in [-0.25, -0.2) is 4.68 Å². The first kappa shape index (κ1) is 22.7. The molecule has 0 radical (unpaired) electrons. The summed E-state index contributed by atoms with van der Waals surface area (Å²) in [6, 6.07) is 11.6. The molecule has 1 amide bonds. The van der Waals surface area contributed by atoms with E-state index in [1.807, 2.05) is 19.1 Å². The van der Waals surface area contributed by atoms with Gasteiger partial charge in [0.25, 0.3) is 5.91 Å². The zero-order valence-electron chi connectivity index (χ0n) is 16.9. The summed E-state index contributed by atoms with van der Waals surface area (Å²) in [5.41, 5.74) is 2.00. The molecule has 1 aliphatic rings. The van der Waals surface area contributed by atoms with Crippen molar-refractivity contribution in [3.63, 3.8) is 0 Å². The SMILES string of the molecule is CCc1ccc(NC(=O)c2nn3c(c2Cl)N[C@@H](c2ccc(Br)cc2)C[C@@H]3C(F)(F)F)cc1. The Balaban J connectivity index is 1.66. The number of halogens is 5. The van der Waals surface area contributed by atoms with Crippen molar-refractivity contribution in [1.29, 1.82) is 0 Å². The third kappa shape index (κ3) is 4.49. The van der Waals surface area contributed by atoms with Gasteiger partial charge in [0.05, 0.1) is 6.04 Å². The monoisotopic (exact) mass is 526 g/mol. The summed E-state index contributed by atoms with van der Waals surface area (Å²) >= 11 is 9.69. The average Bonchev–Trinajstić information content (AvgIpc) is 3.10. The normalized spacial score (nSPS) is 18.1. The Bertz CT molecular complexity index is 1130. The van der Waals surface area contributed by atoms with Crippen LogP contribution in [0.25, 0.3) is 0 Å². The van der Waals surface area contributed by atoms with Crippen LogP contribution < -0.4 is 10.6 Å². The van der Waals surface area contributed by atoms with Gasteiger partial charge in [-0.1, -0.05) is 58.7 Å². The highest BCUT2D eigenvalue weighted by Crippen LogP contribution is 2.46. The number of aromatic nitrogens is 2. The lowest BCUT2D eigenvalue weighted by atomic mass is 9.97. The second-order valence-electron chi connectivity index (χ2n) is 7.50. The molecule has 5 nitrogen and oxygen atoms in total. The average molecular weight is 528 g/mol. The minimum Gasteiger partial charge on any atom is -0.362 e. The summed E-state index contributed by atoms with van der Waals surface area (Å²) in [5.74, 6) is -0.705. The lowest BCUT2D eigenvalue weighted by molar-refractivity contribution is -0.173. The number of aryl methyl sites for hydroxylation is 1. The maximum atomic E-state index is 13.9. The standard InChI is InChI=1S/C22H19BrClF3N4O/c1-2-12-3-9-15(10-4-12)28-21(32)19-18(24)20-29-16(13-5-7-14(23)8-6-13)11-17(22(25,26)27)31(20)30-19/h3-10,16-17,29H,2,11H2,1H3,(H,28,32)/t16-,17-/m1/s1. The van der Waals surface area contributed by atoms with Gasteiger partial charge >= 0.3 is 6.18 Å². The number of carbonyl (C=O) groups is 1. The molecular formula is C22H19BrClF3N4O. The third-order valence-electron chi connectivity index (χ3n) is 5.40. The molecule has 3 aromatic rings. The van der Waals surface area contributed by atoms with Crippen LogP contribution in [0, 0.1) is 0 Å². The number of hydrogen-bond donors (Lipinski definition) is 2. The van der Waals surface area contributed by atoms with Crippen LogP contribution in [0.1, 0.15) is 47.0 Å². The van der Waals surface area contributed by atoms with Gasteiger partial charge in [0, 0.05) is 16.6 Å². The summed E-state index contributed by atoms with van der Waals surface area (Å²) in [6.45, 7) is 2.01. The predicted octanol–water partition coefficient (Wildman–Crippen LogP) is 6.77. The van der Waals surface area contributed by atoms with Gasteiger partial charge in [-0.05, 0) is 41.8 Å². The summed E-state index contributed by atoms with van der Waals surface area (Å²) in [5, 5.41) is 9.48. The van der Waals surface area contributed by atoms with Crippen molar-refractivity contribution >= 4 is 44.9 Å². The van der Waals surface area contributed by atoms with E-state index in [2.05, 4.69) is 31.7 Å². The van der Waals surface area contributed by atoms with Crippen LogP contribution in [0.15, 0.2) is 53.0 Å². The van der Waals surface area contributed by atoms with E-state index < -0.39 is 24.2 Å². The van der Waals surface area contributed by atoms with E-state index in [-0.39, 0.29) is 23.0 Å². The molecule has 0 unspecified atom stereocenters. The van der Waals surface area contributed by atoms with Crippen molar-refractivity contribution in [1.82, 2.24) is 9.78 Å². The number of fused-ring (bicyclic) bond motifs is 1. The Kier molecular flexibility index (Phi) is 6.22. The molecule has 0 bridgehead atoms. The molecule has 4 rings (SSSR count). The number of rotatable bonds is 4. The van der Waals surface area contributed by atoms with Gasteiger partial charge in [-0.3, -0.25) is 4.79 Å². The smallest absolute Gasteiger partial charge is 0.362 e. The Labute approximate surface area is 196 Å². The van der Waals surface area contributed by atoms with E-state index in [1.54, 1.807) is 36.4 Å². The van der Waals surface area contributed by atoms with E-state index >= 15 is 0 Å². The van der Waals surface area contributed by atoms with Crippen molar-refractivity contribution in [2.45, 2.75) is 38.0 Å². The van der Waals surface area contributed by atoms with Crippen LogP contribution in [0.3, 0.4) is 0 Å². The van der Waals surface area contributed by atoms with E-state index in [0.717, 1.165) is 21.1 Å². The summed E-state index contributed by atoms with van der Waals surface area (Å²) < 4.78 is 43.3. The number of carbonyl (C=O) groups excluding carboxylic acids is 1. The Hall–Kier alpha value is -2.52. The summed E-state index contributed by atoms with van der Waals surface area (Å²) in [4.78, 5) is 12.8. The fraction of sp³-hybridized carbons (Fsp3) is 0.273. The first-order chi connectivity index (χ1) is 15.2. The molecule has 0 saturated carbocycles. The molecule has 0 spiro atoms. The van der Waals surface area contributed by atoms with Gasteiger partial charge in [0.2, 0.25) is 0 Å². The zero-order valence-corrected chi connectivity index (χ0v) is 19.2. The van der Waals surface area contributed by atoms with E-state index in [1.165, 1.54) is 0 Å². The fourth-order valence-electron chi connectivity index (χ4n) is 3.66. The fourth-order valence-corrected chi connectivity index (χ4v) is 4.19. The number of amides is 1. The molecule has 0 aliphatic carbocycles. The summed E-state index contributed by atoms with van der Waals surface area (Å²) in [7, 11) is 0. The van der Waals surface area contributed by atoms with E-state index in [4.69, 9.17) is 11.6 Å². The van der Waals surface area contributed by atoms with Gasteiger partial charge < -0.3 is 10.6 Å². The van der Waals surface area contributed by atoms with Crippen LogP contribution in [-0.4, -0.2) is 21.9 Å². The van der Waals surface area contributed by atoms with Gasteiger partial charge in [-0.15, -0.1) is 0 Å². The van der Waals surface area contributed by atoms with Gasteiger partial charge in [0.15, 0.2) is 11.7 Å². The van der Waals surface area contributed by atoms with Crippen molar-refractivity contribution in [3.05, 3.63) is 74.8 Å². The number of alkyl halides is 3. The predicted molar refractivity (Wildman–Crippen MR) is 121 cm³/mol. The lowest BCUT2D eigenvalue weighted by Gasteiger charge is -2.33. The van der Waals surface area contributed by atoms with Crippen molar-refractivity contribution in [3.8, 4) is 0 Å². The topological polar surface area (TPSA) is 59.0 Å². The number of hydrogen-bond acceptors (Lipinski definition) is 3. The van der Waals surface area contributed by atoms with Crippen molar-refractivity contribution in [2.24, 2.45) is 0 Å². The second-order valence-corrected chi connectivity index (χ2v) is 8.80. The molecule has 2 N–H and O–H groups in total. The zero-order chi connectivity index (χ0) is 23.0. The highest BCUT2D eigenvalue weighted by molar-refractivity contribution is 9.10. The van der Waals surface area contributed by atoms with Crippen LogP contribution >= 0.6 is 27.5 Å². The highest BCUT2D eigenvalue weighted by Gasteiger charge is 2.47. The molecule has 168 valence electrons. The number of nitrogens with one attached hydrogen (secondary N) is 2. The molecule has 2 aromatic carbocycles. The molecule has 1 aliphatic heterocycles. The number of nitrogens with zero attached hydrogens (tertiary/aromatic N) is 2. The quantitative estimate of drug-likeness (QED) is 0.393. The maximum Gasteiger partial charge on any atom is 0.410 e. The summed E-state index contributed by atoms with van der Waals surface area (Å²) in [6.07, 6.45) is -4.00. The van der Waals surface area contributed by atoms with Crippen LogP contribution in [0.2, 0.25) is 5.02 Å². The first-order valence-electron chi connectivity index (χ1n) is 9.94. The number of benzene rings is 2. The molecule has 2 atom stereocenters. The van der Waals surface area contributed by atoms with Gasteiger partial charge in [0.1, 0.15) is 10.8 Å². The van der Waals surface area contributed by atoms with Crippen molar-refractivity contribution < 1.29 is 18.0 Å². The molecule has 0 saturated heterocycles. The Morgan fingerprint density at radius 1 is 1.22 bits per heavy atom. The van der Waals surface area contributed by atoms with E-state index in [9.17, 15) is 18.0 Å². The third-order valence-corrected chi connectivity index (χ3v) is 6.29. The number of anilines is 2. The minimum absolute atomic E-state index is 0.0281. The van der Waals surface area contributed by atoms with Crippen LogP contribution in [0.4, 0.5) is 24.7 Å². The molecule has 2 heterocycles. The van der Waals surface area contributed by atoms with Crippen LogP contribution in [0.5, 0.6) is 0 Å². The molecule has 0 fully saturated rings. The largest absolute Gasteiger partial charge is 0.410 e. The van der Waals surface area contributed by atoms with Crippen LogP contribution in [-0.2, 0) is 6.42 Å². The lowest BCUT2D eigenvalue weighted by Crippen LogP contribution is -2.35. The first-order valence-corrected chi connectivity index (χ1v) is 11.1. The Morgan fingerprint density at radius 3 is 2.47 bits per heavy atom. The maximum absolute atomic E-state index is 13.9. The Morgan fingerprint density at radius 2 is 1.88 bits per heavy atom. The molecule has 32 heavy (non-hydrogen) atoms. The molecule has 1 aromatic heterocycles. The van der Waals surface area contributed by atoms with E-state index in [0.29, 0.717) is 11.3 Å². The van der Waals surface area contributed by atoms with Crippen molar-refractivity contribution in [2.75, 3.05) is 10.6 Å². The second kappa shape index (κ2) is 8.78. The minimum atomic E-state index is -4.57. The molecule has 10 heteroatoms.